The Morgan fingerprint density at radius 1 is 1.12 bits per heavy atom. The quantitative estimate of drug-likeness (QED) is 0.795. The summed E-state index contributed by atoms with van der Waals surface area (Å²) < 4.78 is 0. The highest BCUT2D eigenvalue weighted by atomic mass is 16.4. The zero-order chi connectivity index (χ0) is 11.5. The van der Waals surface area contributed by atoms with Gasteiger partial charge in [-0.25, -0.2) is 9.78 Å². The molecule has 0 aliphatic carbocycles. The van der Waals surface area contributed by atoms with E-state index < -0.39 is 5.97 Å². The van der Waals surface area contributed by atoms with Crippen molar-refractivity contribution in [2.45, 2.75) is 0 Å². The predicted molar refractivity (Wildman–Crippen MR) is 56.1 cm³/mol. The molecule has 2 aromatic rings. The second kappa shape index (κ2) is 3.98. The molecule has 0 atom stereocenters. The molecular weight excluding hydrogens is 208 g/mol. The molecule has 0 saturated carbocycles. The van der Waals surface area contributed by atoms with E-state index in [1.807, 2.05) is 6.07 Å². The van der Waals surface area contributed by atoms with Crippen molar-refractivity contribution in [1.82, 2.24) is 9.97 Å². The number of benzene rings is 1. The van der Waals surface area contributed by atoms with Crippen molar-refractivity contribution < 1.29 is 15.0 Å². The number of carboxylic acids is 1. The number of aromatic nitrogens is 2. The Kier molecular flexibility index (Phi) is 2.51. The Balaban J connectivity index is 2.54. The minimum atomic E-state index is -1.20. The first-order valence-corrected chi connectivity index (χ1v) is 4.53. The second-order valence-electron chi connectivity index (χ2n) is 3.11. The SMILES string of the molecule is O=C(O)c1cc(O)nc(-c2ccccc2)n1. The highest BCUT2D eigenvalue weighted by Crippen LogP contribution is 2.17. The summed E-state index contributed by atoms with van der Waals surface area (Å²) in [5.74, 6) is -1.36. The van der Waals surface area contributed by atoms with Crippen LogP contribution in [-0.4, -0.2) is 26.2 Å². The number of carbonyl (C=O) groups is 1. The van der Waals surface area contributed by atoms with E-state index in [1.165, 1.54) is 0 Å². The molecule has 0 bridgehead atoms. The number of aromatic carboxylic acids is 1. The number of aromatic hydroxyl groups is 1. The van der Waals surface area contributed by atoms with E-state index in [-0.39, 0.29) is 17.4 Å². The summed E-state index contributed by atoms with van der Waals surface area (Å²) >= 11 is 0. The van der Waals surface area contributed by atoms with Crippen molar-refractivity contribution in [1.29, 1.82) is 0 Å². The van der Waals surface area contributed by atoms with Gasteiger partial charge in [-0.3, -0.25) is 0 Å². The molecule has 1 aromatic carbocycles. The van der Waals surface area contributed by atoms with Crippen molar-refractivity contribution in [3.63, 3.8) is 0 Å². The van der Waals surface area contributed by atoms with Crippen LogP contribution in [0.5, 0.6) is 5.88 Å². The highest BCUT2D eigenvalue weighted by molar-refractivity contribution is 5.86. The Hall–Kier alpha value is -2.43. The molecule has 2 rings (SSSR count). The average molecular weight is 216 g/mol. The van der Waals surface area contributed by atoms with Crippen molar-refractivity contribution in [3.05, 3.63) is 42.1 Å². The molecule has 0 amide bonds. The van der Waals surface area contributed by atoms with Gasteiger partial charge in [0.25, 0.3) is 0 Å². The van der Waals surface area contributed by atoms with E-state index in [1.54, 1.807) is 24.3 Å². The molecule has 0 saturated heterocycles. The Morgan fingerprint density at radius 2 is 1.81 bits per heavy atom. The highest BCUT2D eigenvalue weighted by Gasteiger charge is 2.10. The van der Waals surface area contributed by atoms with E-state index in [0.29, 0.717) is 5.56 Å². The third-order valence-electron chi connectivity index (χ3n) is 1.96. The van der Waals surface area contributed by atoms with Gasteiger partial charge >= 0.3 is 5.97 Å². The monoisotopic (exact) mass is 216 g/mol. The summed E-state index contributed by atoms with van der Waals surface area (Å²) in [5, 5.41) is 18.1. The fraction of sp³-hybridized carbons (Fsp3) is 0. The van der Waals surface area contributed by atoms with Crippen molar-refractivity contribution in [2.24, 2.45) is 0 Å². The molecule has 1 aromatic heterocycles. The van der Waals surface area contributed by atoms with E-state index in [9.17, 15) is 9.90 Å². The summed E-state index contributed by atoms with van der Waals surface area (Å²) in [6.45, 7) is 0. The molecule has 0 aliphatic rings. The third kappa shape index (κ3) is 1.98. The molecule has 1 heterocycles. The smallest absolute Gasteiger partial charge is 0.354 e. The fourth-order valence-electron chi connectivity index (χ4n) is 1.26. The van der Waals surface area contributed by atoms with Gasteiger partial charge in [-0.15, -0.1) is 0 Å². The molecule has 5 nitrogen and oxygen atoms in total. The molecule has 5 heteroatoms. The van der Waals surface area contributed by atoms with Gasteiger partial charge in [0.1, 0.15) is 0 Å². The average Bonchev–Trinajstić information content (AvgIpc) is 2.29. The number of nitrogens with zero attached hydrogens (tertiary/aromatic N) is 2. The van der Waals surface area contributed by atoms with Crippen LogP contribution >= 0.6 is 0 Å². The predicted octanol–water partition coefficient (Wildman–Crippen LogP) is 1.55. The first-order chi connectivity index (χ1) is 7.66. The standard InChI is InChI=1S/C11H8N2O3/c14-9-6-8(11(15)16)12-10(13-9)7-4-2-1-3-5-7/h1-6H,(H,15,16)(H,12,13,14). The number of carboxylic acid groups (broad SMARTS) is 1. The van der Waals surface area contributed by atoms with Gasteiger partial charge in [0.05, 0.1) is 0 Å². The Morgan fingerprint density at radius 3 is 2.44 bits per heavy atom. The topological polar surface area (TPSA) is 83.3 Å². The van der Waals surface area contributed by atoms with Crippen molar-refractivity contribution in [3.8, 4) is 17.3 Å². The van der Waals surface area contributed by atoms with Crippen LogP contribution in [0.4, 0.5) is 0 Å². The molecule has 0 radical (unpaired) electrons. The zero-order valence-electron chi connectivity index (χ0n) is 8.16. The summed E-state index contributed by atoms with van der Waals surface area (Å²) in [7, 11) is 0. The second-order valence-corrected chi connectivity index (χ2v) is 3.11. The van der Waals surface area contributed by atoms with Gasteiger partial charge in [0.2, 0.25) is 5.88 Å². The molecule has 0 fully saturated rings. The van der Waals surface area contributed by atoms with E-state index in [0.717, 1.165) is 6.07 Å². The molecular formula is C11H8N2O3. The largest absolute Gasteiger partial charge is 0.493 e. The van der Waals surface area contributed by atoms with Crippen molar-refractivity contribution in [2.75, 3.05) is 0 Å². The van der Waals surface area contributed by atoms with Crippen LogP contribution in [0.1, 0.15) is 10.5 Å². The fourth-order valence-corrected chi connectivity index (χ4v) is 1.26. The minimum Gasteiger partial charge on any atom is -0.493 e. The maximum Gasteiger partial charge on any atom is 0.354 e. The summed E-state index contributed by atoms with van der Waals surface area (Å²) in [5.41, 5.74) is 0.423. The lowest BCUT2D eigenvalue weighted by molar-refractivity contribution is 0.0689. The van der Waals surface area contributed by atoms with Crippen LogP contribution in [0.2, 0.25) is 0 Å². The maximum atomic E-state index is 10.7. The molecule has 80 valence electrons. The lowest BCUT2D eigenvalue weighted by atomic mass is 10.2. The summed E-state index contributed by atoms with van der Waals surface area (Å²) in [4.78, 5) is 18.3. The minimum absolute atomic E-state index is 0.193. The molecule has 16 heavy (non-hydrogen) atoms. The van der Waals surface area contributed by atoms with Crippen LogP contribution in [0.3, 0.4) is 0 Å². The first kappa shape index (κ1) is 10.1. The van der Waals surface area contributed by atoms with Crippen LogP contribution in [0, 0.1) is 0 Å². The van der Waals surface area contributed by atoms with Crippen LogP contribution in [0.15, 0.2) is 36.4 Å². The number of hydrogen-bond donors (Lipinski definition) is 2. The summed E-state index contributed by atoms with van der Waals surface area (Å²) in [6, 6.07) is 9.87. The van der Waals surface area contributed by atoms with Crippen LogP contribution in [-0.2, 0) is 0 Å². The molecule has 0 unspecified atom stereocenters. The summed E-state index contributed by atoms with van der Waals surface area (Å²) in [6.07, 6.45) is 0. The van der Waals surface area contributed by atoms with Gasteiger partial charge < -0.3 is 10.2 Å². The van der Waals surface area contributed by atoms with Crippen molar-refractivity contribution >= 4 is 5.97 Å². The Labute approximate surface area is 91.0 Å². The van der Waals surface area contributed by atoms with Gasteiger partial charge in [0, 0.05) is 11.6 Å². The van der Waals surface area contributed by atoms with Gasteiger partial charge in [-0.1, -0.05) is 30.3 Å². The van der Waals surface area contributed by atoms with Gasteiger partial charge in [-0.2, -0.15) is 4.98 Å². The molecule has 2 N–H and O–H groups in total. The lowest BCUT2D eigenvalue weighted by Crippen LogP contribution is -2.02. The third-order valence-corrected chi connectivity index (χ3v) is 1.96. The first-order valence-electron chi connectivity index (χ1n) is 4.53. The maximum absolute atomic E-state index is 10.7. The van der Waals surface area contributed by atoms with E-state index >= 15 is 0 Å². The van der Waals surface area contributed by atoms with Crippen LogP contribution < -0.4 is 0 Å². The van der Waals surface area contributed by atoms with Gasteiger partial charge in [0.15, 0.2) is 11.5 Å². The van der Waals surface area contributed by atoms with E-state index in [4.69, 9.17) is 5.11 Å². The Bertz CT molecular complexity index is 526. The number of hydrogen-bond acceptors (Lipinski definition) is 4. The lowest BCUT2D eigenvalue weighted by Gasteiger charge is -2.01. The molecule has 0 aliphatic heterocycles. The zero-order valence-corrected chi connectivity index (χ0v) is 8.16. The number of rotatable bonds is 2. The van der Waals surface area contributed by atoms with E-state index in [2.05, 4.69) is 9.97 Å². The normalized spacial score (nSPS) is 10.0. The van der Waals surface area contributed by atoms with Gasteiger partial charge in [-0.05, 0) is 0 Å². The van der Waals surface area contributed by atoms with Crippen LogP contribution in [0.25, 0.3) is 11.4 Å². The molecule has 0 spiro atoms.